The fourth-order valence-corrected chi connectivity index (χ4v) is 3.16. The zero-order chi connectivity index (χ0) is 21.8. The van der Waals surface area contributed by atoms with Crippen molar-refractivity contribution in [3.8, 4) is 16.9 Å². The number of anilines is 1. The summed E-state index contributed by atoms with van der Waals surface area (Å²) in [6.07, 6.45) is 1.41. The van der Waals surface area contributed by atoms with E-state index in [1.165, 1.54) is 12.3 Å². The van der Waals surface area contributed by atoms with Gasteiger partial charge in [0.1, 0.15) is 0 Å². The number of para-hydroxylation sites is 1. The Morgan fingerprint density at radius 2 is 1.94 bits per heavy atom. The normalized spacial score (nSPS) is 10.6. The molecule has 156 valence electrons. The second-order valence-corrected chi connectivity index (χ2v) is 6.75. The number of benzene rings is 2. The number of aromatic nitrogens is 3. The second kappa shape index (κ2) is 8.66. The molecule has 0 unspecified atom stereocenters. The maximum Gasteiger partial charge on any atom is 0.358 e. The molecule has 1 amide bonds. The van der Waals surface area contributed by atoms with Gasteiger partial charge in [0.25, 0.3) is 5.91 Å². The van der Waals surface area contributed by atoms with Crippen molar-refractivity contribution in [1.29, 1.82) is 0 Å². The van der Waals surface area contributed by atoms with Crippen LogP contribution in [-0.4, -0.2) is 33.4 Å². The van der Waals surface area contributed by atoms with E-state index in [1.807, 2.05) is 43.3 Å². The van der Waals surface area contributed by atoms with Crippen molar-refractivity contribution in [2.75, 3.05) is 11.9 Å². The van der Waals surface area contributed by atoms with Gasteiger partial charge in [-0.25, -0.2) is 9.48 Å². The first-order chi connectivity index (χ1) is 15.1. The molecular weight excluding hydrogens is 396 g/mol. The van der Waals surface area contributed by atoms with Crippen LogP contribution in [0.4, 0.5) is 5.69 Å². The van der Waals surface area contributed by atoms with E-state index in [0.717, 1.165) is 16.8 Å². The average molecular weight is 416 g/mol. The van der Waals surface area contributed by atoms with Gasteiger partial charge in [0.05, 0.1) is 24.2 Å². The van der Waals surface area contributed by atoms with Crippen molar-refractivity contribution in [3.05, 3.63) is 83.9 Å². The van der Waals surface area contributed by atoms with E-state index in [0.29, 0.717) is 11.4 Å². The van der Waals surface area contributed by atoms with E-state index < -0.39 is 11.9 Å². The summed E-state index contributed by atoms with van der Waals surface area (Å²) in [5, 5.41) is 10.8. The van der Waals surface area contributed by atoms with Crippen LogP contribution in [0.15, 0.2) is 71.4 Å². The number of esters is 1. The summed E-state index contributed by atoms with van der Waals surface area (Å²) >= 11 is 0. The molecule has 0 saturated carbocycles. The van der Waals surface area contributed by atoms with Gasteiger partial charge in [-0.15, -0.1) is 0 Å². The van der Waals surface area contributed by atoms with E-state index in [9.17, 15) is 9.59 Å². The van der Waals surface area contributed by atoms with Crippen molar-refractivity contribution >= 4 is 17.6 Å². The number of amides is 1. The van der Waals surface area contributed by atoms with Gasteiger partial charge in [-0.1, -0.05) is 35.5 Å². The summed E-state index contributed by atoms with van der Waals surface area (Å²) in [5.41, 5.74) is 4.06. The quantitative estimate of drug-likeness (QED) is 0.472. The van der Waals surface area contributed by atoms with Gasteiger partial charge < -0.3 is 14.6 Å². The summed E-state index contributed by atoms with van der Waals surface area (Å²) in [7, 11) is 0. The van der Waals surface area contributed by atoms with E-state index in [1.54, 1.807) is 29.8 Å². The molecule has 0 atom stereocenters. The number of rotatable bonds is 6. The van der Waals surface area contributed by atoms with Gasteiger partial charge in [0.2, 0.25) is 5.76 Å². The maximum atomic E-state index is 12.3. The number of carbonyl (C=O) groups is 2. The lowest BCUT2D eigenvalue weighted by Gasteiger charge is -2.11. The van der Waals surface area contributed by atoms with Gasteiger partial charge in [-0.05, 0) is 43.7 Å². The molecule has 0 bridgehead atoms. The van der Waals surface area contributed by atoms with Crippen LogP contribution >= 0.6 is 0 Å². The number of hydrogen-bond acceptors (Lipinski definition) is 6. The molecular formula is C23H20N4O4. The third kappa shape index (κ3) is 4.23. The zero-order valence-corrected chi connectivity index (χ0v) is 17.0. The Bertz CT molecular complexity index is 1230. The van der Waals surface area contributed by atoms with Gasteiger partial charge in [-0.3, -0.25) is 4.79 Å². The van der Waals surface area contributed by atoms with Crippen molar-refractivity contribution in [1.82, 2.24) is 14.9 Å². The summed E-state index contributed by atoms with van der Waals surface area (Å²) in [4.78, 5) is 24.6. The third-order valence-corrected chi connectivity index (χ3v) is 4.62. The highest BCUT2D eigenvalue weighted by atomic mass is 16.5. The van der Waals surface area contributed by atoms with Crippen LogP contribution in [0.2, 0.25) is 0 Å². The molecule has 8 nitrogen and oxygen atoms in total. The predicted molar refractivity (Wildman–Crippen MR) is 114 cm³/mol. The van der Waals surface area contributed by atoms with Crippen LogP contribution in [0.1, 0.15) is 33.5 Å². The Labute approximate surface area is 178 Å². The maximum absolute atomic E-state index is 12.3. The lowest BCUT2D eigenvalue weighted by atomic mass is 10.1. The van der Waals surface area contributed by atoms with Gasteiger partial charge in [0, 0.05) is 17.3 Å². The van der Waals surface area contributed by atoms with Gasteiger partial charge >= 0.3 is 5.97 Å². The Morgan fingerprint density at radius 1 is 1.10 bits per heavy atom. The van der Waals surface area contributed by atoms with Crippen molar-refractivity contribution in [2.45, 2.75) is 13.8 Å². The van der Waals surface area contributed by atoms with Crippen LogP contribution in [0.5, 0.6) is 0 Å². The summed E-state index contributed by atoms with van der Waals surface area (Å²) in [5.74, 6) is -0.792. The first-order valence-corrected chi connectivity index (χ1v) is 9.72. The van der Waals surface area contributed by atoms with Crippen LogP contribution in [0.25, 0.3) is 16.9 Å². The number of hydrogen-bond donors (Lipinski definition) is 1. The van der Waals surface area contributed by atoms with E-state index in [-0.39, 0.29) is 18.1 Å². The van der Waals surface area contributed by atoms with Gasteiger partial charge in [0.15, 0.2) is 5.69 Å². The van der Waals surface area contributed by atoms with Gasteiger partial charge in [-0.2, -0.15) is 5.10 Å². The molecule has 0 aliphatic carbocycles. The molecule has 4 rings (SSSR count). The number of ether oxygens (including phenoxy) is 1. The first-order valence-electron chi connectivity index (χ1n) is 9.72. The van der Waals surface area contributed by atoms with E-state index in [4.69, 9.17) is 9.26 Å². The first kappa shape index (κ1) is 20.1. The summed E-state index contributed by atoms with van der Waals surface area (Å²) in [6.45, 7) is 3.98. The Hall–Kier alpha value is -4.20. The Kier molecular flexibility index (Phi) is 5.61. The largest absolute Gasteiger partial charge is 0.461 e. The fourth-order valence-electron chi connectivity index (χ4n) is 3.16. The van der Waals surface area contributed by atoms with E-state index >= 15 is 0 Å². The highest BCUT2D eigenvalue weighted by Crippen LogP contribution is 2.28. The number of nitrogens with one attached hydrogen (secondary N) is 1. The second-order valence-electron chi connectivity index (χ2n) is 6.75. The monoisotopic (exact) mass is 416 g/mol. The number of carbonyl (C=O) groups excluding carboxylic acids is 2. The summed E-state index contributed by atoms with van der Waals surface area (Å²) < 4.78 is 11.7. The zero-order valence-electron chi connectivity index (χ0n) is 17.0. The molecule has 0 radical (unpaired) electrons. The standard InChI is InChI=1S/C23H20N4O4/c1-3-30-23(29)18-14-20(27(26-18)19-10-5-4-7-15(19)2)16-8-6-9-17(13-16)25-22(28)21-11-12-24-31-21/h4-14H,3H2,1-2H3,(H,25,28). The molecule has 8 heteroatoms. The predicted octanol–water partition coefficient (Wildman–Crippen LogP) is 4.26. The molecule has 0 aliphatic rings. The van der Waals surface area contributed by atoms with Crippen LogP contribution < -0.4 is 5.32 Å². The minimum Gasteiger partial charge on any atom is -0.461 e. The van der Waals surface area contributed by atoms with E-state index in [2.05, 4.69) is 15.6 Å². The van der Waals surface area contributed by atoms with Crippen LogP contribution in [-0.2, 0) is 4.74 Å². The molecule has 0 spiro atoms. The third-order valence-electron chi connectivity index (χ3n) is 4.62. The SMILES string of the molecule is CCOC(=O)c1cc(-c2cccc(NC(=O)c3ccno3)c2)n(-c2ccccc2C)n1. The van der Waals surface area contributed by atoms with Crippen LogP contribution in [0.3, 0.4) is 0 Å². The molecule has 1 N–H and O–H groups in total. The Morgan fingerprint density at radius 3 is 2.68 bits per heavy atom. The average Bonchev–Trinajstić information content (AvgIpc) is 3.45. The summed E-state index contributed by atoms with van der Waals surface area (Å²) in [6, 6.07) is 18.2. The van der Waals surface area contributed by atoms with Crippen molar-refractivity contribution in [2.24, 2.45) is 0 Å². The highest BCUT2D eigenvalue weighted by Gasteiger charge is 2.19. The minimum absolute atomic E-state index is 0.111. The highest BCUT2D eigenvalue weighted by molar-refractivity contribution is 6.02. The molecule has 4 aromatic rings. The Balaban J connectivity index is 1.75. The molecule has 2 heterocycles. The molecule has 2 aromatic carbocycles. The molecule has 2 aromatic heterocycles. The smallest absolute Gasteiger partial charge is 0.358 e. The van der Waals surface area contributed by atoms with Crippen LogP contribution in [0, 0.1) is 6.92 Å². The molecule has 0 saturated heterocycles. The van der Waals surface area contributed by atoms with Crippen molar-refractivity contribution < 1.29 is 18.8 Å². The molecule has 0 aliphatic heterocycles. The topological polar surface area (TPSA) is 99.2 Å². The lowest BCUT2D eigenvalue weighted by molar-refractivity contribution is 0.0519. The lowest BCUT2D eigenvalue weighted by Crippen LogP contribution is -2.11. The number of aryl methyl sites for hydroxylation is 1. The molecule has 0 fully saturated rings. The molecule has 31 heavy (non-hydrogen) atoms. The minimum atomic E-state index is -0.495. The van der Waals surface area contributed by atoms with Crippen molar-refractivity contribution in [3.63, 3.8) is 0 Å². The fraction of sp³-hybridized carbons (Fsp3) is 0.130. The number of nitrogens with zero attached hydrogens (tertiary/aromatic N) is 3.